The van der Waals surface area contributed by atoms with Gasteiger partial charge in [0.05, 0.1) is 11.5 Å². The summed E-state index contributed by atoms with van der Waals surface area (Å²) in [6.07, 6.45) is 1.55. The third kappa shape index (κ3) is 2.61. The Balaban J connectivity index is 2.11. The van der Waals surface area contributed by atoms with Gasteiger partial charge >= 0.3 is 11.9 Å². The third-order valence-corrected chi connectivity index (χ3v) is 3.25. The van der Waals surface area contributed by atoms with Crippen molar-refractivity contribution in [1.82, 2.24) is 0 Å². The van der Waals surface area contributed by atoms with Gasteiger partial charge in [0.1, 0.15) is 0 Å². The molecule has 0 spiro atoms. The average Bonchev–Trinajstić information content (AvgIpc) is 2.39. The van der Waals surface area contributed by atoms with Crippen molar-refractivity contribution in [2.75, 3.05) is 18.0 Å². The fourth-order valence-corrected chi connectivity index (χ4v) is 2.23. The fraction of sp³-hybridized carbons (Fsp3) is 0.385. The molecule has 1 aliphatic rings. The van der Waals surface area contributed by atoms with E-state index in [1.807, 2.05) is 4.90 Å². The van der Waals surface area contributed by atoms with Gasteiger partial charge < -0.3 is 15.1 Å². The number of aromatic carboxylic acids is 1. The molecule has 18 heavy (non-hydrogen) atoms. The Kier molecular flexibility index (Phi) is 3.50. The molecule has 0 saturated carbocycles. The summed E-state index contributed by atoms with van der Waals surface area (Å²) >= 11 is 0. The van der Waals surface area contributed by atoms with Crippen LogP contribution in [-0.4, -0.2) is 35.2 Å². The van der Waals surface area contributed by atoms with Crippen LogP contribution in [0.15, 0.2) is 24.3 Å². The Bertz CT molecular complexity index is 455. The summed E-state index contributed by atoms with van der Waals surface area (Å²) in [5.41, 5.74) is 1.12. The normalized spacial score (nSPS) is 19.6. The molecular weight excluding hydrogens is 234 g/mol. The molecule has 0 radical (unpaired) electrons. The molecule has 2 rings (SSSR count). The topological polar surface area (TPSA) is 77.8 Å². The summed E-state index contributed by atoms with van der Waals surface area (Å²) in [6.45, 7) is 1.30. The zero-order valence-corrected chi connectivity index (χ0v) is 9.87. The van der Waals surface area contributed by atoms with Crippen molar-refractivity contribution >= 4 is 17.6 Å². The van der Waals surface area contributed by atoms with E-state index < -0.39 is 11.9 Å². The Morgan fingerprint density at radius 3 is 2.39 bits per heavy atom. The first kappa shape index (κ1) is 12.4. The Morgan fingerprint density at radius 1 is 1.17 bits per heavy atom. The highest BCUT2D eigenvalue weighted by Crippen LogP contribution is 2.23. The number of hydrogen-bond acceptors (Lipinski definition) is 3. The van der Waals surface area contributed by atoms with Gasteiger partial charge in [-0.1, -0.05) is 0 Å². The lowest BCUT2D eigenvalue weighted by Gasteiger charge is -2.32. The van der Waals surface area contributed by atoms with Crippen molar-refractivity contribution in [2.24, 2.45) is 5.92 Å². The maximum atomic E-state index is 11.0. The van der Waals surface area contributed by atoms with Crippen molar-refractivity contribution in [3.8, 4) is 0 Å². The van der Waals surface area contributed by atoms with E-state index in [0.29, 0.717) is 13.0 Å². The van der Waals surface area contributed by atoms with Crippen LogP contribution in [0, 0.1) is 5.92 Å². The van der Waals surface area contributed by atoms with Crippen molar-refractivity contribution in [1.29, 1.82) is 0 Å². The number of carboxylic acid groups (broad SMARTS) is 2. The van der Waals surface area contributed by atoms with Crippen LogP contribution in [-0.2, 0) is 4.79 Å². The Labute approximate surface area is 105 Å². The number of benzene rings is 1. The number of carboxylic acids is 2. The van der Waals surface area contributed by atoms with Gasteiger partial charge in [0.25, 0.3) is 0 Å². The van der Waals surface area contributed by atoms with Gasteiger partial charge in [-0.3, -0.25) is 4.79 Å². The molecule has 5 heteroatoms. The molecule has 1 fully saturated rings. The number of rotatable bonds is 3. The van der Waals surface area contributed by atoms with Crippen LogP contribution in [0.5, 0.6) is 0 Å². The van der Waals surface area contributed by atoms with Gasteiger partial charge in [0.2, 0.25) is 0 Å². The molecule has 0 amide bonds. The van der Waals surface area contributed by atoms with Crippen molar-refractivity contribution in [3.05, 3.63) is 29.8 Å². The highest BCUT2D eigenvalue weighted by molar-refractivity contribution is 5.88. The minimum Gasteiger partial charge on any atom is -0.481 e. The lowest BCUT2D eigenvalue weighted by molar-refractivity contribution is -0.141. The van der Waals surface area contributed by atoms with Crippen LogP contribution in [0.3, 0.4) is 0 Å². The second-order valence-electron chi connectivity index (χ2n) is 4.48. The highest BCUT2D eigenvalue weighted by atomic mass is 16.4. The monoisotopic (exact) mass is 249 g/mol. The predicted molar refractivity (Wildman–Crippen MR) is 66.0 cm³/mol. The summed E-state index contributed by atoms with van der Waals surface area (Å²) < 4.78 is 0. The second kappa shape index (κ2) is 5.08. The fourth-order valence-electron chi connectivity index (χ4n) is 2.23. The highest BCUT2D eigenvalue weighted by Gasteiger charge is 2.25. The molecule has 1 heterocycles. The van der Waals surface area contributed by atoms with Gasteiger partial charge in [0.15, 0.2) is 0 Å². The number of carbonyl (C=O) groups is 2. The van der Waals surface area contributed by atoms with Gasteiger partial charge in [-0.25, -0.2) is 4.79 Å². The first-order chi connectivity index (χ1) is 8.58. The molecule has 0 aromatic heterocycles. The van der Waals surface area contributed by atoms with Crippen LogP contribution < -0.4 is 4.90 Å². The molecular formula is C13H15NO4. The standard InChI is InChI=1S/C13H15NO4/c15-12(16)9-3-5-11(6-4-9)14-7-1-2-10(8-14)13(17)18/h3-6,10H,1-2,7-8H2,(H,15,16)(H,17,18)/t10-/m1/s1. The van der Waals surface area contributed by atoms with E-state index in [1.54, 1.807) is 24.3 Å². The molecule has 1 saturated heterocycles. The van der Waals surface area contributed by atoms with Crippen LogP contribution in [0.2, 0.25) is 0 Å². The van der Waals surface area contributed by atoms with E-state index in [2.05, 4.69) is 0 Å². The lowest BCUT2D eigenvalue weighted by atomic mass is 9.97. The van der Waals surface area contributed by atoms with E-state index in [9.17, 15) is 9.59 Å². The molecule has 1 aromatic rings. The minimum atomic E-state index is -0.955. The van der Waals surface area contributed by atoms with Crippen molar-refractivity contribution in [3.63, 3.8) is 0 Å². The lowest BCUT2D eigenvalue weighted by Crippen LogP contribution is -2.38. The molecule has 1 aliphatic heterocycles. The SMILES string of the molecule is O=C(O)c1ccc(N2CCC[C@@H](C(=O)O)C2)cc1. The molecule has 0 unspecified atom stereocenters. The van der Waals surface area contributed by atoms with E-state index >= 15 is 0 Å². The smallest absolute Gasteiger partial charge is 0.335 e. The van der Waals surface area contributed by atoms with E-state index in [1.165, 1.54) is 0 Å². The Morgan fingerprint density at radius 2 is 1.83 bits per heavy atom. The zero-order chi connectivity index (χ0) is 13.1. The van der Waals surface area contributed by atoms with Crippen LogP contribution in [0.25, 0.3) is 0 Å². The van der Waals surface area contributed by atoms with Crippen molar-refractivity contribution < 1.29 is 19.8 Å². The number of anilines is 1. The quantitative estimate of drug-likeness (QED) is 0.852. The molecule has 2 N–H and O–H groups in total. The maximum Gasteiger partial charge on any atom is 0.335 e. The van der Waals surface area contributed by atoms with Gasteiger partial charge in [-0.2, -0.15) is 0 Å². The van der Waals surface area contributed by atoms with Crippen LogP contribution in [0.1, 0.15) is 23.2 Å². The second-order valence-corrected chi connectivity index (χ2v) is 4.48. The summed E-state index contributed by atoms with van der Waals surface area (Å²) in [7, 11) is 0. The molecule has 0 aliphatic carbocycles. The summed E-state index contributed by atoms with van der Waals surface area (Å²) in [5.74, 6) is -2.05. The average molecular weight is 249 g/mol. The van der Waals surface area contributed by atoms with Crippen LogP contribution in [0.4, 0.5) is 5.69 Å². The number of nitrogens with zero attached hydrogens (tertiary/aromatic N) is 1. The number of aliphatic carboxylic acids is 1. The van der Waals surface area contributed by atoms with Gasteiger partial charge in [0, 0.05) is 18.8 Å². The Hall–Kier alpha value is -2.04. The van der Waals surface area contributed by atoms with Gasteiger partial charge in [-0.15, -0.1) is 0 Å². The van der Waals surface area contributed by atoms with E-state index in [-0.39, 0.29) is 11.5 Å². The molecule has 5 nitrogen and oxygen atoms in total. The van der Waals surface area contributed by atoms with Gasteiger partial charge in [-0.05, 0) is 37.1 Å². The predicted octanol–water partition coefficient (Wildman–Crippen LogP) is 1.69. The largest absolute Gasteiger partial charge is 0.481 e. The summed E-state index contributed by atoms with van der Waals surface area (Å²) in [4.78, 5) is 23.7. The van der Waals surface area contributed by atoms with Crippen molar-refractivity contribution in [2.45, 2.75) is 12.8 Å². The van der Waals surface area contributed by atoms with E-state index in [4.69, 9.17) is 10.2 Å². The first-order valence-electron chi connectivity index (χ1n) is 5.89. The van der Waals surface area contributed by atoms with Crippen LogP contribution >= 0.6 is 0 Å². The maximum absolute atomic E-state index is 11.0. The number of piperidine rings is 1. The molecule has 96 valence electrons. The third-order valence-electron chi connectivity index (χ3n) is 3.25. The molecule has 1 aromatic carbocycles. The first-order valence-corrected chi connectivity index (χ1v) is 5.89. The summed E-state index contributed by atoms with van der Waals surface area (Å²) in [6, 6.07) is 6.55. The molecule has 0 bridgehead atoms. The van der Waals surface area contributed by atoms with E-state index in [0.717, 1.165) is 18.7 Å². The summed E-state index contributed by atoms with van der Waals surface area (Å²) in [5, 5.41) is 17.8. The number of hydrogen-bond donors (Lipinski definition) is 2. The zero-order valence-electron chi connectivity index (χ0n) is 9.87. The molecule has 1 atom stereocenters. The minimum absolute atomic E-state index is 0.241.